The summed E-state index contributed by atoms with van der Waals surface area (Å²) in [4.78, 5) is 12.2. The van der Waals surface area contributed by atoms with Gasteiger partial charge in [-0.3, -0.25) is 4.79 Å². The normalized spacial score (nSPS) is 23.1. The van der Waals surface area contributed by atoms with Gasteiger partial charge in [-0.1, -0.05) is 12.1 Å². The van der Waals surface area contributed by atoms with Gasteiger partial charge in [-0.05, 0) is 37.5 Å². The van der Waals surface area contributed by atoms with E-state index in [-0.39, 0.29) is 17.9 Å². The summed E-state index contributed by atoms with van der Waals surface area (Å²) in [5.41, 5.74) is 8.53. The van der Waals surface area contributed by atoms with Crippen LogP contribution in [-0.4, -0.2) is 18.6 Å². The molecular formula is C14H20N2O2. The summed E-state index contributed by atoms with van der Waals surface area (Å²) in [6.45, 7) is 5.07. The Bertz CT molecular complexity index is 445. The molecule has 1 aromatic rings. The number of carbonyl (C=O) groups excluding carboxylic acids is 1. The molecule has 0 spiro atoms. The van der Waals surface area contributed by atoms with Crippen LogP contribution in [0, 0.1) is 12.8 Å². The Kier molecular flexibility index (Phi) is 3.99. The van der Waals surface area contributed by atoms with Gasteiger partial charge in [0.2, 0.25) is 5.91 Å². The Hall–Kier alpha value is -1.39. The minimum absolute atomic E-state index is 0.00278. The highest BCUT2D eigenvalue weighted by atomic mass is 16.5. The monoisotopic (exact) mass is 248 g/mol. The first kappa shape index (κ1) is 13.1. The van der Waals surface area contributed by atoms with E-state index < -0.39 is 0 Å². The van der Waals surface area contributed by atoms with Crippen LogP contribution in [-0.2, 0) is 16.1 Å². The molecule has 1 aliphatic rings. The van der Waals surface area contributed by atoms with Gasteiger partial charge in [-0.15, -0.1) is 0 Å². The number of carbonyl (C=O) groups is 1. The largest absolute Gasteiger partial charge is 0.378 e. The van der Waals surface area contributed by atoms with E-state index in [9.17, 15) is 4.79 Å². The molecule has 4 heteroatoms. The first-order chi connectivity index (χ1) is 8.61. The van der Waals surface area contributed by atoms with Crippen LogP contribution < -0.4 is 11.1 Å². The third-order valence-corrected chi connectivity index (χ3v) is 3.51. The Morgan fingerprint density at radius 2 is 2.33 bits per heavy atom. The van der Waals surface area contributed by atoms with E-state index in [1.807, 2.05) is 32.0 Å². The second-order valence-electron chi connectivity index (χ2n) is 4.81. The molecular weight excluding hydrogens is 228 g/mol. The highest BCUT2D eigenvalue weighted by molar-refractivity contribution is 5.93. The van der Waals surface area contributed by atoms with Gasteiger partial charge < -0.3 is 15.8 Å². The summed E-state index contributed by atoms with van der Waals surface area (Å²) < 4.78 is 5.42. The predicted molar refractivity (Wildman–Crippen MR) is 71.2 cm³/mol. The van der Waals surface area contributed by atoms with E-state index >= 15 is 0 Å². The van der Waals surface area contributed by atoms with E-state index in [1.54, 1.807) is 0 Å². The van der Waals surface area contributed by atoms with Gasteiger partial charge in [0.05, 0.1) is 12.0 Å². The lowest BCUT2D eigenvalue weighted by atomic mass is 10.0. The third-order valence-electron chi connectivity index (χ3n) is 3.51. The molecule has 1 aliphatic heterocycles. The number of amides is 1. The fraction of sp³-hybridized carbons (Fsp3) is 0.500. The Morgan fingerprint density at radius 3 is 2.94 bits per heavy atom. The average molecular weight is 248 g/mol. The molecule has 1 heterocycles. The maximum atomic E-state index is 12.2. The summed E-state index contributed by atoms with van der Waals surface area (Å²) in [6.07, 6.45) is 0.797. The second kappa shape index (κ2) is 5.50. The molecule has 2 rings (SSSR count). The Balaban J connectivity index is 2.11. The summed E-state index contributed by atoms with van der Waals surface area (Å²) in [5, 5.41) is 2.98. The van der Waals surface area contributed by atoms with Crippen LogP contribution in [0.3, 0.4) is 0 Å². The van der Waals surface area contributed by atoms with E-state index in [2.05, 4.69) is 5.32 Å². The number of benzene rings is 1. The number of aryl methyl sites for hydroxylation is 1. The zero-order chi connectivity index (χ0) is 13.1. The first-order valence-corrected chi connectivity index (χ1v) is 6.34. The van der Waals surface area contributed by atoms with Gasteiger partial charge in [0.15, 0.2) is 0 Å². The van der Waals surface area contributed by atoms with Crippen molar-refractivity contribution in [3.63, 3.8) is 0 Å². The molecule has 0 aliphatic carbocycles. The lowest BCUT2D eigenvalue weighted by Crippen LogP contribution is -2.28. The van der Waals surface area contributed by atoms with E-state index in [1.165, 1.54) is 0 Å². The van der Waals surface area contributed by atoms with Gasteiger partial charge in [-0.2, -0.15) is 0 Å². The molecule has 0 radical (unpaired) electrons. The zero-order valence-corrected chi connectivity index (χ0v) is 10.9. The summed E-state index contributed by atoms with van der Waals surface area (Å²) in [6, 6.07) is 5.90. The van der Waals surface area contributed by atoms with Crippen LogP contribution in [0.4, 0.5) is 5.69 Å². The zero-order valence-electron chi connectivity index (χ0n) is 10.9. The van der Waals surface area contributed by atoms with Gasteiger partial charge in [-0.25, -0.2) is 0 Å². The maximum absolute atomic E-state index is 12.2. The molecule has 18 heavy (non-hydrogen) atoms. The second-order valence-corrected chi connectivity index (χ2v) is 4.81. The number of rotatable bonds is 3. The molecule has 0 aromatic heterocycles. The maximum Gasteiger partial charge on any atom is 0.230 e. The van der Waals surface area contributed by atoms with Gasteiger partial charge in [0, 0.05) is 18.8 Å². The summed E-state index contributed by atoms with van der Waals surface area (Å²) in [7, 11) is 0. The van der Waals surface area contributed by atoms with E-state index in [0.717, 1.165) is 23.2 Å². The summed E-state index contributed by atoms with van der Waals surface area (Å²) in [5.74, 6) is -0.0109. The first-order valence-electron chi connectivity index (χ1n) is 6.34. The van der Waals surface area contributed by atoms with E-state index in [4.69, 9.17) is 10.5 Å². The van der Waals surface area contributed by atoms with Crippen molar-refractivity contribution >= 4 is 11.6 Å². The predicted octanol–water partition coefficient (Wildman–Crippen LogP) is 1.82. The summed E-state index contributed by atoms with van der Waals surface area (Å²) >= 11 is 0. The molecule has 0 bridgehead atoms. The lowest BCUT2D eigenvalue weighted by Gasteiger charge is -2.16. The van der Waals surface area contributed by atoms with Crippen molar-refractivity contribution in [3.8, 4) is 0 Å². The molecule has 4 nitrogen and oxygen atoms in total. The van der Waals surface area contributed by atoms with Gasteiger partial charge >= 0.3 is 0 Å². The van der Waals surface area contributed by atoms with E-state index in [0.29, 0.717) is 13.2 Å². The number of nitrogens with two attached hydrogens (primary N) is 1. The smallest absolute Gasteiger partial charge is 0.230 e. The number of nitrogens with one attached hydrogen (secondary N) is 1. The topological polar surface area (TPSA) is 64.3 Å². The Morgan fingerprint density at radius 1 is 1.56 bits per heavy atom. The molecule has 0 saturated carbocycles. The SMILES string of the molecule is Cc1ccc(CN)cc1NC(=O)C1CCOC1C. The standard InChI is InChI=1S/C14H20N2O2/c1-9-3-4-11(8-15)7-13(9)16-14(17)12-5-6-18-10(12)2/h3-4,7,10,12H,5-6,8,15H2,1-2H3,(H,16,17). The molecule has 1 saturated heterocycles. The van der Waals surface area contributed by atoms with Crippen molar-refractivity contribution < 1.29 is 9.53 Å². The van der Waals surface area contributed by atoms with Crippen LogP contribution in [0.5, 0.6) is 0 Å². The number of ether oxygens (including phenoxy) is 1. The van der Waals surface area contributed by atoms with Crippen LogP contribution in [0.1, 0.15) is 24.5 Å². The minimum atomic E-state index is -0.0501. The minimum Gasteiger partial charge on any atom is -0.378 e. The van der Waals surface area contributed by atoms with Crippen LogP contribution >= 0.6 is 0 Å². The van der Waals surface area contributed by atoms with Crippen molar-refractivity contribution in [1.29, 1.82) is 0 Å². The highest BCUT2D eigenvalue weighted by Gasteiger charge is 2.30. The number of hydrogen-bond donors (Lipinski definition) is 2. The van der Waals surface area contributed by atoms with Crippen LogP contribution in [0.2, 0.25) is 0 Å². The molecule has 3 N–H and O–H groups in total. The van der Waals surface area contributed by atoms with Crippen molar-refractivity contribution in [2.75, 3.05) is 11.9 Å². The van der Waals surface area contributed by atoms with Gasteiger partial charge in [0.1, 0.15) is 0 Å². The lowest BCUT2D eigenvalue weighted by molar-refractivity contribution is -0.121. The van der Waals surface area contributed by atoms with Crippen molar-refractivity contribution in [1.82, 2.24) is 0 Å². The molecule has 2 unspecified atom stereocenters. The molecule has 2 atom stereocenters. The molecule has 98 valence electrons. The van der Waals surface area contributed by atoms with Gasteiger partial charge in [0.25, 0.3) is 0 Å². The molecule has 1 fully saturated rings. The fourth-order valence-corrected chi connectivity index (χ4v) is 2.23. The van der Waals surface area contributed by atoms with Crippen molar-refractivity contribution in [2.24, 2.45) is 11.7 Å². The van der Waals surface area contributed by atoms with Crippen molar-refractivity contribution in [2.45, 2.75) is 32.9 Å². The van der Waals surface area contributed by atoms with Crippen molar-refractivity contribution in [3.05, 3.63) is 29.3 Å². The number of hydrogen-bond acceptors (Lipinski definition) is 3. The number of anilines is 1. The fourth-order valence-electron chi connectivity index (χ4n) is 2.23. The highest BCUT2D eigenvalue weighted by Crippen LogP contribution is 2.24. The third kappa shape index (κ3) is 2.71. The van der Waals surface area contributed by atoms with Crippen LogP contribution in [0.25, 0.3) is 0 Å². The molecule has 1 amide bonds. The quantitative estimate of drug-likeness (QED) is 0.857. The molecule has 1 aromatic carbocycles. The average Bonchev–Trinajstić information content (AvgIpc) is 2.78. The van der Waals surface area contributed by atoms with Crippen LogP contribution in [0.15, 0.2) is 18.2 Å². The Labute approximate surface area is 108 Å².